The number of amides is 2. The number of aromatic nitrogens is 3. The number of rotatable bonds is 5. The summed E-state index contributed by atoms with van der Waals surface area (Å²) in [4.78, 5) is 41.1. The highest BCUT2D eigenvalue weighted by Crippen LogP contribution is 2.14. The topological polar surface area (TPSA) is 104 Å². The van der Waals surface area contributed by atoms with Crippen LogP contribution in [-0.4, -0.2) is 57.8 Å². The Balaban J connectivity index is 1.30. The van der Waals surface area contributed by atoms with Crippen molar-refractivity contribution >= 4 is 17.6 Å². The van der Waals surface area contributed by atoms with Gasteiger partial charge in [-0.25, -0.2) is 9.97 Å². The van der Waals surface area contributed by atoms with E-state index in [9.17, 15) is 9.59 Å². The van der Waals surface area contributed by atoms with E-state index < -0.39 is 0 Å². The molecule has 0 bridgehead atoms. The summed E-state index contributed by atoms with van der Waals surface area (Å²) in [5.41, 5.74) is 1.02. The zero-order chi connectivity index (χ0) is 20.1. The van der Waals surface area contributed by atoms with Crippen molar-refractivity contribution in [3.63, 3.8) is 0 Å². The Hall–Kier alpha value is -3.75. The predicted octanol–water partition coefficient (Wildman–Crippen LogP) is 1.36. The van der Waals surface area contributed by atoms with E-state index in [0.717, 1.165) is 5.69 Å². The van der Waals surface area contributed by atoms with Gasteiger partial charge in [-0.15, -0.1) is 0 Å². The molecule has 4 rings (SSSR count). The lowest BCUT2D eigenvalue weighted by Gasteiger charge is -2.34. The quantitative estimate of drug-likeness (QED) is 0.699. The zero-order valence-electron chi connectivity index (χ0n) is 15.7. The van der Waals surface area contributed by atoms with Crippen molar-refractivity contribution < 1.29 is 14.0 Å². The molecular formula is C20H20N6O3. The lowest BCUT2D eigenvalue weighted by molar-refractivity contribution is 0.0714. The number of hydrogen-bond acceptors (Lipinski definition) is 7. The van der Waals surface area contributed by atoms with Crippen molar-refractivity contribution in [2.45, 2.75) is 6.54 Å². The molecule has 2 amide bonds. The molecule has 0 aromatic carbocycles. The Morgan fingerprint density at radius 1 is 1.00 bits per heavy atom. The highest BCUT2D eigenvalue weighted by molar-refractivity contribution is 5.92. The summed E-state index contributed by atoms with van der Waals surface area (Å²) in [5, 5.41) is 2.78. The van der Waals surface area contributed by atoms with Crippen molar-refractivity contribution in [2.24, 2.45) is 0 Å². The lowest BCUT2D eigenvalue weighted by Crippen LogP contribution is -2.49. The summed E-state index contributed by atoms with van der Waals surface area (Å²) in [7, 11) is 0. The molecule has 3 aromatic rings. The van der Waals surface area contributed by atoms with E-state index in [0.29, 0.717) is 44.3 Å². The first-order chi connectivity index (χ1) is 14.2. The third-order valence-corrected chi connectivity index (χ3v) is 4.65. The molecule has 9 nitrogen and oxygen atoms in total. The Morgan fingerprint density at radius 2 is 1.86 bits per heavy atom. The van der Waals surface area contributed by atoms with Crippen LogP contribution in [0.1, 0.15) is 26.7 Å². The summed E-state index contributed by atoms with van der Waals surface area (Å²) in [6.07, 6.45) is 6.22. The van der Waals surface area contributed by atoms with Gasteiger partial charge in [-0.3, -0.25) is 14.6 Å². The standard InChI is InChI=1S/C20H20N6O3/c27-19(24-12-15-4-1-2-6-21-15)16-13-23-18(14-22-16)25-7-9-26(10-8-25)20(28)17-5-3-11-29-17/h1-6,11,13-14H,7-10,12H2,(H,24,27). The minimum atomic E-state index is -0.302. The van der Waals surface area contributed by atoms with Crippen LogP contribution in [0.5, 0.6) is 0 Å². The average molecular weight is 392 g/mol. The number of furan rings is 1. The molecule has 1 fully saturated rings. The minimum absolute atomic E-state index is 0.111. The maximum atomic E-state index is 12.3. The number of carbonyl (C=O) groups is 2. The van der Waals surface area contributed by atoms with Crippen LogP contribution in [-0.2, 0) is 6.54 Å². The average Bonchev–Trinajstić information content (AvgIpc) is 3.33. The van der Waals surface area contributed by atoms with E-state index in [1.807, 2.05) is 23.1 Å². The van der Waals surface area contributed by atoms with Crippen LogP contribution in [0.3, 0.4) is 0 Å². The molecule has 0 saturated carbocycles. The molecule has 4 heterocycles. The lowest BCUT2D eigenvalue weighted by atomic mass is 10.3. The Labute approximate surface area is 167 Å². The Kier molecular flexibility index (Phi) is 5.46. The van der Waals surface area contributed by atoms with Gasteiger partial charge in [0.2, 0.25) is 0 Å². The van der Waals surface area contributed by atoms with Crippen LogP contribution in [0.25, 0.3) is 0 Å². The maximum absolute atomic E-state index is 12.3. The van der Waals surface area contributed by atoms with E-state index in [1.54, 1.807) is 29.4 Å². The van der Waals surface area contributed by atoms with Crippen molar-refractivity contribution in [1.82, 2.24) is 25.2 Å². The third kappa shape index (κ3) is 4.40. The molecule has 9 heteroatoms. The van der Waals surface area contributed by atoms with E-state index in [-0.39, 0.29) is 17.5 Å². The molecule has 0 aliphatic carbocycles. The summed E-state index contributed by atoms with van der Waals surface area (Å²) < 4.78 is 5.17. The molecule has 1 saturated heterocycles. The van der Waals surface area contributed by atoms with E-state index >= 15 is 0 Å². The molecule has 1 aliphatic heterocycles. The smallest absolute Gasteiger partial charge is 0.289 e. The van der Waals surface area contributed by atoms with Gasteiger partial charge in [-0.2, -0.15) is 0 Å². The van der Waals surface area contributed by atoms with E-state index in [1.165, 1.54) is 12.5 Å². The van der Waals surface area contributed by atoms with Gasteiger partial charge in [0.15, 0.2) is 5.76 Å². The molecule has 29 heavy (non-hydrogen) atoms. The number of nitrogens with one attached hydrogen (secondary N) is 1. The summed E-state index contributed by atoms with van der Waals surface area (Å²) in [5.74, 6) is 0.611. The van der Waals surface area contributed by atoms with Crippen LogP contribution in [0.4, 0.5) is 5.82 Å². The minimum Gasteiger partial charge on any atom is -0.459 e. The fourth-order valence-corrected chi connectivity index (χ4v) is 3.06. The molecule has 148 valence electrons. The fraction of sp³-hybridized carbons (Fsp3) is 0.250. The first kappa shape index (κ1) is 18.6. The summed E-state index contributed by atoms with van der Waals surface area (Å²) in [6, 6.07) is 8.89. The Morgan fingerprint density at radius 3 is 2.52 bits per heavy atom. The molecular weight excluding hydrogens is 372 g/mol. The van der Waals surface area contributed by atoms with Crippen molar-refractivity contribution in [3.8, 4) is 0 Å². The first-order valence-corrected chi connectivity index (χ1v) is 9.28. The fourth-order valence-electron chi connectivity index (χ4n) is 3.06. The first-order valence-electron chi connectivity index (χ1n) is 9.28. The normalized spacial score (nSPS) is 13.9. The second-order valence-electron chi connectivity index (χ2n) is 6.52. The SMILES string of the molecule is O=C(NCc1ccccn1)c1cnc(N2CCN(C(=O)c3ccco3)CC2)cn1. The third-order valence-electron chi connectivity index (χ3n) is 4.65. The van der Waals surface area contributed by atoms with Gasteiger partial charge in [0.25, 0.3) is 11.8 Å². The van der Waals surface area contributed by atoms with E-state index in [4.69, 9.17) is 4.42 Å². The van der Waals surface area contributed by atoms with Gasteiger partial charge in [0.05, 0.1) is 30.9 Å². The molecule has 3 aromatic heterocycles. The molecule has 0 atom stereocenters. The van der Waals surface area contributed by atoms with Crippen molar-refractivity contribution in [2.75, 3.05) is 31.1 Å². The van der Waals surface area contributed by atoms with Gasteiger partial charge in [0, 0.05) is 32.4 Å². The van der Waals surface area contributed by atoms with Crippen LogP contribution >= 0.6 is 0 Å². The second-order valence-corrected chi connectivity index (χ2v) is 6.52. The Bertz CT molecular complexity index is 952. The molecule has 1 N–H and O–H groups in total. The number of piperazine rings is 1. The number of nitrogens with zero attached hydrogens (tertiary/aromatic N) is 5. The molecule has 0 unspecified atom stereocenters. The highest BCUT2D eigenvalue weighted by atomic mass is 16.3. The van der Waals surface area contributed by atoms with Gasteiger partial charge in [-0.05, 0) is 24.3 Å². The predicted molar refractivity (Wildman–Crippen MR) is 104 cm³/mol. The molecule has 1 aliphatic rings. The second kappa shape index (κ2) is 8.51. The monoisotopic (exact) mass is 392 g/mol. The zero-order valence-corrected chi connectivity index (χ0v) is 15.7. The largest absolute Gasteiger partial charge is 0.459 e. The van der Waals surface area contributed by atoms with Crippen molar-refractivity contribution in [1.29, 1.82) is 0 Å². The van der Waals surface area contributed by atoms with Crippen molar-refractivity contribution in [3.05, 3.63) is 72.3 Å². The maximum Gasteiger partial charge on any atom is 0.289 e. The number of pyridine rings is 1. The van der Waals surface area contributed by atoms with Gasteiger partial charge >= 0.3 is 0 Å². The summed E-state index contributed by atoms with van der Waals surface area (Å²) >= 11 is 0. The van der Waals surface area contributed by atoms with Crippen LogP contribution in [0, 0.1) is 0 Å². The van der Waals surface area contributed by atoms with Gasteiger partial charge < -0.3 is 19.5 Å². The number of carbonyl (C=O) groups excluding carboxylic acids is 2. The number of anilines is 1. The van der Waals surface area contributed by atoms with Gasteiger partial charge in [0.1, 0.15) is 11.5 Å². The number of hydrogen-bond donors (Lipinski definition) is 1. The summed E-state index contributed by atoms with van der Waals surface area (Å²) in [6.45, 7) is 2.72. The molecule has 0 spiro atoms. The van der Waals surface area contributed by atoms with Gasteiger partial charge in [-0.1, -0.05) is 6.07 Å². The highest BCUT2D eigenvalue weighted by Gasteiger charge is 2.24. The van der Waals surface area contributed by atoms with Crippen LogP contribution in [0.15, 0.2) is 59.6 Å². The van der Waals surface area contributed by atoms with Crippen LogP contribution in [0.2, 0.25) is 0 Å². The van der Waals surface area contributed by atoms with Crippen LogP contribution < -0.4 is 10.2 Å². The van der Waals surface area contributed by atoms with E-state index in [2.05, 4.69) is 20.3 Å². The molecule has 0 radical (unpaired) electrons.